The Bertz CT molecular complexity index is 1190. The molecule has 33 heavy (non-hydrogen) atoms. The molecule has 0 aliphatic rings. The van der Waals surface area contributed by atoms with Gasteiger partial charge in [0.05, 0.1) is 4.90 Å². The van der Waals surface area contributed by atoms with Gasteiger partial charge in [-0.2, -0.15) is 4.31 Å². The molecular weight excluding hydrogens is 430 g/mol. The molecule has 0 atom stereocenters. The van der Waals surface area contributed by atoms with Crippen LogP contribution in [0.15, 0.2) is 114 Å². The van der Waals surface area contributed by atoms with E-state index in [1.54, 1.807) is 18.3 Å². The standard InChI is InChI=1S/C27H27N3O2S/c31-33(32,27-15-13-23(14-16-27)18-29-20-26-12-7-17-28-19-26)30(21-24-8-3-1-4-9-24)22-25-10-5-2-6-11-25/h1-17,19,29H,18,20-22H2. The molecule has 3 aromatic carbocycles. The minimum Gasteiger partial charge on any atom is -0.309 e. The van der Waals surface area contributed by atoms with Crippen molar-refractivity contribution < 1.29 is 8.42 Å². The van der Waals surface area contributed by atoms with Gasteiger partial charge in [-0.05, 0) is 40.5 Å². The first kappa shape index (κ1) is 22.9. The Hall–Kier alpha value is -3.32. The van der Waals surface area contributed by atoms with Crippen molar-refractivity contribution in [2.24, 2.45) is 0 Å². The van der Waals surface area contributed by atoms with E-state index in [0.29, 0.717) is 31.1 Å². The molecule has 1 aromatic heterocycles. The summed E-state index contributed by atoms with van der Waals surface area (Å²) in [4.78, 5) is 4.41. The number of rotatable bonds is 10. The van der Waals surface area contributed by atoms with Crippen molar-refractivity contribution in [1.82, 2.24) is 14.6 Å². The van der Waals surface area contributed by atoms with Crippen LogP contribution in [0.4, 0.5) is 0 Å². The van der Waals surface area contributed by atoms with E-state index >= 15 is 0 Å². The van der Waals surface area contributed by atoms with Gasteiger partial charge in [-0.15, -0.1) is 0 Å². The monoisotopic (exact) mass is 457 g/mol. The molecular formula is C27H27N3O2S. The normalized spacial score (nSPS) is 11.5. The van der Waals surface area contributed by atoms with Crippen LogP contribution >= 0.6 is 0 Å². The summed E-state index contributed by atoms with van der Waals surface area (Å²) in [5, 5.41) is 3.36. The van der Waals surface area contributed by atoms with Crippen molar-refractivity contribution in [2.75, 3.05) is 0 Å². The number of aromatic nitrogens is 1. The average Bonchev–Trinajstić information content (AvgIpc) is 2.86. The highest BCUT2D eigenvalue weighted by atomic mass is 32.2. The van der Waals surface area contributed by atoms with Gasteiger partial charge in [0.2, 0.25) is 10.0 Å². The van der Waals surface area contributed by atoms with Gasteiger partial charge in [0.15, 0.2) is 0 Å². The van der Waals surface area contributed by atoms with E-state index in [1.807, 2.05) is 91.1 Å². The Morgan fingerprint density at radius 2 is 1.18 bits per heavy atom. The summed E-state index contributed by atoms with van der Waals surface area (Å²) < 4.78 is 28.6. The van der Waals surface area contributed by atoms with E-state index in [0.717, 1.165) is 22.3 Å². The molecule has 0 saturated carbocycles. The van der Waals surface area contributed by atoms with E-state index in [2.05, 4.69) is 10.3 Å². The van der Waals surface area contributed by atoms with Gasteiger partial charge in [-0.1, -0.05) is 78.9 Å². The molecule has 0 spiro atoms. The fourth-order valence-corrected chi connectivity index (χ4v) is 5.00. The summed E-state index contributed by atoms with van der Waals surface area (Å²) in [6.07, 6.45) is 3.58. The van der Waals surface area contributed by atoms with Gasteiger partial charge in [-0.3, -0.25) is 4.98 Å². The molecule has 4 rings (SSSR count). The maximum absolute atomic E-state index is 13.6. The number of benzene rings is 3. The summed E-state index contributed by atoms with van der Waals surface area (Å²) in [7, 11) is -3.67. The maximum Gasteiger partial charge on any atom is 0.243 e. The van der Waals surface area contributed by atoms with Crippen molar-refractivity contribution in [3.05, 3.63) is 132 Å². The Morgan fingerprint density at radius 1 is 0.636 bits per heavy atom. The van der Waals surface area contributed by atoms with E-state index in [4.69, 9.17) is 0 Å². The molecule has 0 bridgehead atoms. The molecule has 1 N–H and O–H groups in total. The number of nitrogens with one attached hydrogen (secondary N) is 1. The van der Waals surface area contributed by atoms with Crippen LogP contribution in [0, 0.1) is 0 Å². The molecule has 0 amide bonds. The SMILES string of the molecule is O=S(=O)(c1ccc(CNCc2cccnc2)cc1)N(Cc1ccccc1)Cc1ccccc1. The smallest absolute Gasteiger partial charge is 0.243 e. The van der Waals surface area contributed by atoms with Gasteiger partial charge in [0.1, 0.15) is 0 Å². The van der Waals surface area contributed by atoms with Crippen molar-refractivity contribution in [3.8, 4) is 0 Å². The lowest BCUT2D eigenvalue weighted by molar-refractivity contribution is 0.401. The largest absolute Gasteiger partial charge is 0.309 e. The summed E-state index contributed by atoms with van der Waals surface area (Å²) >= 11 is 0. The predicted octanol–water partition coefficient (Wildman–Crippen LogP) is 4.76. The Balaban J connectivity index is 1.48. The van der Waals surface area contributed by atoms with Crippen LogP contribution in [0.25, 0.3) is 0 Å². The zero-order valence-corrected chi connectivity index (χ0v) is 19.2. The van der Waals surface area contributed by atoms with Crippen LogP contribution in [0.3, 0.4) is 0 Å². The third-order valence-electron chi connectivity index (χ3n) is 5.35. The average molecular weight is 458 g/mol. The van der Waals surface area contributed by atoms with Crippen molar-refractivity contribution in [1.29, 1.82) is 0 Å². The van der Waals surface area contributed by atoms with Crippen molar-refractivity contribution in [3.63, 3.8) is 0 Å². The first-order valence-corrected chi connectivity index (χ1v) is 12.3. The van der Waals surface area contributed by atoms with Crippen LogP contribution in [-0.2, 0) is 36.2 Å². The lowest BCUT2D eigenvalue weighted by Gasteiger charge is -2.23. The number of hydrogen-bond donors (Lipinski definition) is 1. The molecule has 168 valence electrons. The zero-order valence-electron chi connectivity index (χ0n) is 18.3. The van der Waals surface area contributed by atoms with Crippen LogP contribution in [-0.4, -0.2) is 17.7 Å². The fourth-order valence-electron chi connectivity index (χ4n) is 3.58. The molecule has 5 nitrogen and oxygen atoms in total. The first-order valence-electron chi connectivity index (χ1n) is 10.9. The summed E-state index contributed by atoms with van der Waals surface area (Å²) in [5.41, 5.74) is 4.03. The lowest BCUT2D eigenvalue weighted by Crippen LogP contribution is -2.30. The van der Waals surface area contributed by atoms with Gasteiger partial charge in [-0.25, -0.2) is 8.42 Å². The summed E-state index contributed by atoms with van der Waals surface area (Å²) in [5.74, 6) is 0. The summed E-state index contributed by atoms with van der Waals surface area (Å²) in [6, 6.07) is 30.4. The fraction of sp³-hybridized carbons (Fsp3) is 0.148. The molecule has 0 radical (unpaired) electrons. The predicted molar refractivity (Wildman–Crippen MR) is 131 cm³/mol. The van der Waals surface area contributed by atoms with E-state index < -0.39 is 10.0 Å². The highest BCUT2D eigenvalue weighted by molar-refractivity contribution is 7.89. The maximum atomic E-state index is 13.6. The van der Waals surface area contributed by atoms with Crippen molar-refractivity contribution in [2.45, 2.75) is 31.1 Å². The third-order valence-corrected chi connectivity index (χ3v) is 7.15. The third kappa shape index (κ3) is 6.35. The van der Waals surface area contributed by atoms with Crippen LogP contribution in [0.5, 0.6) is 0 Å². The minimum absolute atomic E-state index is 0.297. The van der Waals surface area contributed by atoms with Crippen molar-refractivity contribution >= 4 is 10.0 Å². The van der Waals surface area contributed by atoms with Gasteiger partial charge in [0, 0.05) is 38.6 Å². The molecule has 6 heteroatoms. The second-order valence-corrected chi connectivity index (χ2v) is 9.79. The first-order chi connectivity index (χ1) is 16.1. The second-order valence-electron chi connectivity index (χ2n) is 7.85. The Kier molecular flexibility index (Phi) is 7.62. The minimum atomic E-state index is -3.67. The molecule has 0 unspecified atom stereocenters. The zero-order chi connectivity index (χ0) is 22.9. The molecule has 0 aliphatic heterocycles. The Labute approximate surface area is 195 Å². The topological polar surface area (TPSA) is 62.3 Å². The molecule has 0 saturated heterocycles. The van der Waals surface area contributed by atoms with Gasteiger partial charge >= 0.3 is 0 Å². The van der Waals surface area contributed by atoms with E-state index in [-0.39, 0.29) is 0 Å². The Morgan fingerprint density at radius 3 is 1.73 bits per heavy atom. The van der Waals surface area contributed by atoms with Crippen LogP contribution < -0.4 is 5.32 Å². The number of nitrogens with zero attached hydrogens (tertiary/aromatic N) is 2. The van der Waals surface area contributed by atoms with Crippen LogP contribution in [0.2, 0.25) is 0 Å². The highest BCUT2D eigenvalue weighted by Crippen LogP contribution is 2.22. The second kappa shape index (κ2) is 11.0. The van der Waals surface area contributed by atoms with Gasteiger partial charge in [0.25, 0.3) is 0 Å². The molecule has 4 aromatic rings. The molecule has 1 heterocycles. The number of sulfonamides is 1. The molecule has 0 fully saturated rings. The van der Waals surface area contributed by atoms with Gasteiger partial charge < -0.3 is 5.32 Å². The van der Waals surface area contributed by atoms with E-state index in [9.17, 15) is 8.42 Å². The molecule has 0 aliphatic carbocycles. The van der Waals surface area contributed by atoms with Crippen LogP contribution in [0.1, 0.15) is 22.3 Å². The number of pyridine rings is 1. The quantitative estimate of drug-likeness (QED) is 0.373. The summed E-state index contributed by atoms with van der Waals surface area (Å²) in [6.45, 7) is 1.97. The van der Waals surface area contributed by atoms with E-state index in [1.165, 1.54) is 4.31 Å². The lowest BCUT2D eigenvalue weighted by atomic mass is 10.2. The highest BCUT2D eigenvalue weighted by Gasteiger charge is 2.25. The number of hydrogen-bond acceptors (Lipinski definition) is 4.